The van der Waals surface area contributed by atoms with Crippen LogP contribution in [0.25, 0.3) is 0 Å². The molecule has 1 N–H and O–H groups in total. The molecule has 1 aromatic rings. The topological polar surface area (TPSA) is 67.0 Å². The summed E-state index contributed by atoms with van der Waals surface area (Å²) in [6.45, 7) is 0. The Morgan fingerprint density at radius 3 is 2.92 bits per heavy atom. The first-order valence-corrected chi connectivity index (χ1v) is 5.79. The van der Waals surface area contributed by atoms with Gasteiger partial charge in [0.2, 0.25) is 0 Å². The minimum Gasteiger partial charge on any atom is -0.356 e. The quantitative estimate of drug-likeness (QED) is 0.661. The standard InChI is InChI=1S/C8H9NO3S/c10-4-7-3-6-5-13(11,12)2-1-8(6)9-7/h3-4,9H,1-2,5H2. The fraction of sp³-hybridized carbons (Fsp3) is 0.375. The molecule has 0 aliphatic carbocycles. The molecule has 1 aliphatic rings. The molecule has 2 heterocycles. The lowest BCUT2D eigenvalue weighted by Crippen LogP contribution is -2.17. The van der Waals surface area contributed by atoms with E-state index in [1.807, 2.05) is 0 Å². The number of aromatic nitrogens is 1. The summed E-state index contributed by atoms with van der Waals surface area (Å²) in [6, 6.07) is 1.61. The lowest BCUT2D eigenvalue weighted by atomic mass is 10.2. The lowest BCUT2D eigenvalue weighted by Gasteiger charge is -2.10. The predicted octanol–water partition coefficient (Wildman–Crippen LogP) is 0.298. The second-order valence-corrected chi connectivity index (χ2v) is 5.37. The second kappa shape index (κ2) is 2.70. The Labute approximate surface area is 75.9 Å². The van der Waals surface area contributed by atoms with E-state index in [2.05, 4.69) is 4.98 Å². The van der Waals surface area contributed by atoms with Gasteiger partial charge in [-0.25, -0.2) is 8.42 Å². The number of aromatic amines is 1. The third-order valence-electron chi connectivity index (χ3n) is 2.18. The molecular weight excluding hydrogens is 190 g/mol. The van der Waals surface area contributed by atoms with Crippen LogP contribution in [-0.2, 0) is 22.0 Å². The van der Waals surface area contributed by atoms with Crippen molar-refractivity contribution in [2.24, 2.45) is 0 Å². The van der Waals surface area contributed by atoms with Crippen LogP contribution in [0.5, 0.6) is 0 Å². The molecule has 5 heteroatoms. The van der Waals surface area contributed by atoms with Gasteiger partial charge < -0.3 is 4.98 Å². The van der Waals surface area contributed by atoms with Gasteiger partial charge in [0.1, 0.15) is 0 Å². The number of fused-ring (bicyclic) bond motifs is 1. The van der Waals surface area contributed by atoms with E-state index in [1.54, 1.807) is 6.07 Å². The van der Waals surface area contributed by atoms with Crippen LogP contribution in [-0.4, -0.2) is 25.4 Å². The molecule has 4 nitrogen and oxygen atoms in total. The van der Waals surface area contributed by atoms with Crippen molar-refractivity contribution in [1.82, 2.24) is 4.98 Å². The molecule has 70 valence electrons. The van der Waals surface area contributed by atoms with Crippen LogP contribution >= 0.6 is 0 Å². The van der Waals surface area contributed by atoms with Crippen LogP contribution in [0.3, 0.4) is 0 Å². The first-order chi connectivity index (χ1) is 6.11. The summed E-state index contributed by atoms with van der Waals surface area (Å²) in [4.78, 5) is 13.3. The molecule has 0 unspecified atom stereocenters. The highest BCUT2D eigenvalue weighted by atomic mass is 32.2. The smallest absolute Gasteiger partial charge is 0.166 e. The van der Waals surface area contributed by atoms with E-state index in [0.29, 0.717) is 18.4 Å². The maximum Gasteiger partial charge on any atom is 0.166 e. The number of carbonyl (C=O) groups is 1. The molecule has 0 radical (unpaired) electrons. The molecule has 0 atom stereocenters. The van der Waals surface area contributed by atoms with Crippen molar-refractivity contribution in [2.45, 2.75) is 12.2 Å². The molecule has 1 aliphatic heterocycles. The largest absolute Gasteiger partial charge is 0.356 e. The highest BCUT2D eigenvalue weighted by Crippen LogP contribution is 2.20. The van der Waals surface area contributed by atoms with Crippen LogP contribution in [0.2, 0.25) is 0 Å². The molecule has 1 aromatic heterocycles. The zero-order chi connectivity index (χ0) is 9.47. The maximum atomic E-state index is 11.2. The number of aryl methyl sites for hydroxylation is 1. The Kier molecular flexibility index (Phi) is 1.76. The molecule has 2 rings (SSSR count). The summed E-state index contributed by atoms with van der Waals surface area (Å²) < 4.78 is 22.4. The molecule has 0 fully saturated rings. The van der Waals surface area contributed by atoms with Gasteiger partial charge in [-0.15, -0.1) is 0 Å². The fourth-order valence-corrected chi connectivity index (χ4v) is 2.94. The summed E-state index contributed by atoms with van der Waals surface area (Å²) in [6.07, 6.45) is 1.19. The van der Waals surface area contributed by atoms with E-state index < -0.39 is 9.84 Å². The lowest BCUT2D eigenvalue weighted by molar-refractivity contribution is 0.111. The van der Waals surface area contributed by atoms with Gasteiger partial charge in [-0.2, -0.15) is 0 Å². The number of aldehydes is 1. The molecule has 0 saturated carbocycles. The van der Waals surface area contributed by atoms with Gasteiger partial charge in [-0.3, -0.25) is 4.79 Å². The van der Waals surface area contributed by atoms with Crippen LogP contribution in [0.1, 0.15) is 21.7 Å². The first-order valence-electron chi connectivity index (χ1n) is 3.97. The van der Waals surface area contributed by atoms with Crippen molar-refractivity contribution in [3.8, 4) is 0 Å². The minimum absolute atomic E-state index is 0.0622. The number of rotatable bonds is 1. The van der Waals surface area contributed by atoms with Crippen LogP contribution in [0.15, 0.2) is 6.07 Å². The minimum atomic E-state index is -2.93. The number of carbonyl (C=O) groups excluding carboxylic acids is 1. The van der Waals surface area contributed by atoms with Crippen molar-refractivity contribution < 1.29 is 13.2 Å². The third kappa shape index (κ3) is 1.51. The molecule has 0 spiro atoms. The molecular formula is C8H9NO3S. The third-order valence-corrected chi connectivity index (χ3v) is 3.75. The van der Waals surface area contributed by atoms with Crippen LogP contribution in [0, 0.1) is 0 Å². The van der Waals surface area contributed by atoms with E-state index in [-0.39, 0.29) is 11.5 Å². The van der Waals surface area contributed by atoms with Crippen molar-refractivity contribution in [3.63, 3.8) is 0 Å². The average molecular weight is 199 g/mol. The van der Waals surface area contributed by atoms with Crippen LogP contribution in [0.4, 0.5) is 0 Å². The highest BCUT2D eigenvalue weighted by Gasteiger charge is 2.22. The Morgan fingerprint density at radius 2 is 2.23 bits per heavy atom. The van der Waals surface area contributed by atoms with Crippen molar-refractivity contribution in [3.05, 3.63) is 23.0 Å². The predicted molar refractivity (Wildman–Crippen MR) is 47.4 cm³/mol. The Morgan fingerprint density at radius 1 is 1.46 bits per heavy atom. The van der Waals surface area contributed by atoms with Gasteiger partial charge in [0.05, 0.1) is 17.2 Å². The molecule has 0 aromatic carbocycles. The SMILES string of the molecule is O=Cc1cc2c([nH]1)CCS(=O)(=O)C2. The van der Waals surface area contributed by atoms with Crippen LogP contribution < -0.4 is 0 Å². The van der Waals surface area contributed by atoms with Gasteiger partial charge >= 0.3 is 0 Å². The monoisotopic (exact) mass is 199 g/mol. The fourth-order valence-electron chi connectivity index (χ4n) is 1.55. The van der Waals surface area contributed by atoms with E-state index in [4.69, 9.17) is 0 Å². The Bertz CT molecular complexity index is 444. The second-order valence-electron chi connectivity index (χ2n) is 3.19. The summed E-state index contributed by atoms with van der Waals surface area (Å²) >= 11 is 0. The van der Waals surface area contributed by atoms with Gasteiger partial charge in [0.25, 0.3) is 0 Å². The van der Waals surface area contributed by atoms with E-state index in [0.717, 1.165) is 11.3 Å². The number of sulfone groups is 1. The Balaban J connectivity index is 2.46. The number of nitrogens with one attached hydrogen (secondary N) is 1. The Hall–Kier alpha value is -1.10. The molecule has 0 amide bonds. The zero-order valence-electron chi connectivity index (χ0n) is 6.91. The summed E-state index contributed by atoms with van der Waals surface area (Å²) in [5.41, 5.74) is 2.09. The first kappa shape index (κ1) is 8.50. The number of hydrogen-bond acceptors (Lipinski definition) is 3. The summed E-state index contributed by atoms with van der Waals surface area (Å²) in [5, 5.41) is 0. The van der Waals surface area contributed by atoms with E-state index in [9.17, 15) is 13.2 Å². The van der Waals surface area contributed by atoms with E-state index >= 15 is 0 Å². The molecule has 13 heavy (non-hydrogen) atoms. The molecule has 0 saturated heterocycles. The number of hydrogen-bond donors (Lipinski definition) is 1. The maximum absolute atomic E-state index is 11.2. The average Bonchev–Trinajstić information content (AvgIpc) is 2.44. The normalized spacial score (nSPS) is 19.4. The number of H-pyrrole nitrogens is 1. The van der Waals surface area contributed by atoms with E-state index in [1.165, 1.54) is 0 Å². The van der Waals surface area contributed by atoms with Gasteiger partial charge in [-0.1, -0.05) is 0 Å². The summed E-state index contributed by atoms with van der Waals surface area (Å²) in [5.74, 6) is 0.242. The van der Waals surface area contributed by atoms with Crippen molar-refractivity contribution in [2.75, 3.05) is 5.75 Å². The zero-order valence-corrected chi connectivity index (χ0v) is 7.73. The van der Waals surface area contributed by atoms with Gasteiger partial charge in [0, 0.05) is 12.1 Å². The molecule has 0 bridgehead atoms. The van der Waals surface area contributed by atoms with Gasteiger partial charge in [-0.05, 0) is 11.6 Å². The van der Waals surface area contributed by atoms with Crippen molar-refractivity contribution in [1.29, 1.82) is 0 Å². The van der Waals surface area contributed by atoms with Gasteiger partial charge in [0.15, 0.2) is 16.1 Å². The summed E-state index contributed by atoms with van der Waals surface area (Å²) in [7, 11) is -2.93. The van der Waals surface area contributed by atoms with Crippen molar-refractivity contribution >= 4 is 16.1 Å². The highest BCUT2D eigenvalue weighted by molar-refractivity contribution is 7.90.